The number of amides is 1. The number of ether oxygens (including phenoxy) is 1. The number of nitrogens with zero attached hydrogens (tertiary/aromatic N) is 4. The third-order valence-corrected chi connectivity index (χ3v) is 7.26. The molecule has 3 atom stereocenters. The Hall–Kier alpha value is -2.26. The molecule has 4 heterocycles. The summed E-state index contributed by atoms with van der Waals surface area (Å²) < 4.78 is 5.65. The molecule has 9 heteroatoms. The van der Waals surface area contributed by atoms with Gasteiger partial charge in [0.2, 0.25) is 5.91 Å². The van der Waals surface area contributed by atoms with Crippen LogP contribution >= 0.6 is 0 Å². The smallest absolute Gasteiger partial charge is 0.237 e. The molecule has 156 valence electrons. The Morgan fingerprint density at radius 1 is 1.31 bits per heavy atom. The monoisotopic (exact) mass is 399 g/mol. The van der Waals surface area contributed by atoms with Crippen molar-refractivity contribution in [3.8, 4) is 0 Å². The van der Waals surface area contributed by atoms with Gasteiger partial charge < -0.3 is 15.4 Å². The number of nitrogens with one attached hydrogen (secondary N) is 3. The number of aryl methyl sites for hydroxylation is 1. The first-order chi connectivity index (χ1) is 14.1. The van der Waals surface area contributed by atoms with Crippen LogP contribution in [-0.2, 0) is 9.53 Å². The Balaban J connectivity index is 1.34. The molecule has 0 radical (unpaired) electrons. The number of aromatic nitrogens is 4. The number of likely N-dealkylation sites (tertiary alicyclic amines) is 1. The number of anilines is 1. The Morgan fingerprint density at radius 2 is 2.10 bits per heavy atom. The van der Waals surface area contributed by atoms with E-state index >= 15 is 0 Å². The van der Waals surface area contributed by atoms with E-state index in [1.54, 1.807) is 6.33 Å². The molecule has 9 nitrogen and oxygen atoms in total. The van der Waals surface area contributed by atoms with Crippen LogP contribution in [0.2, 0.25) is 0 Å². The number of carbonyl (C=O) groups is 1. The number of rotatable bonds is 5. The summed E-state index contributed by atoms with van der Waals surface area (Å²) in [5.41, 5.74) is 1.63. The molecule has 2 aromatic rings. The molecular weight excluding hydrogens is 370 g/mol. The van der Waals surface area contributed by atoms with Gasteiger partial charge in [0.15, 0.2) is 5.65 Å². The summed E-state index contributed by atoms with van der Waals surface area (Å²) in [5, 5.41) is 15.2. The molecule has 0 bridgehead atoms. The second kappa shape index (κ2) is 7.21. The van der Waals surface area contributed by atoms with Gasteiger partial charge in [-0.1, -0.05) is 0 Å². The summed E-state index contributed by atoms with van der Waals surface area (Å²) in [7, 11) is 0. The van der Waals surface area contributed by atoms with E-state index in [4.69, 9.17) is 4.74 Å². The maximum Gasteiger partial charge on any atom is 0.237 e. The summed E-state index contributed by atoms with van der Waals surface area (Å²) in [6.07, 6.45) is 5.50. The van der Waals surface area contributed by atoms with E-state index in [1.165, 1.54) is 6.42 Å². The first-order valence-electron chi connectivity index (χ1n) is 10.6. The fraction of sp³-hybridized carbons (Fsp3) is 0.700. The first kappa shape index (κ1) is 18.7. The number of aromatic amines is 1. The topological polar surface area (TPSA) is 108 Å². The lowest BCUT2D eigenvalue weighted by molar-refractivity contribution is -0.133. The molecule has 29 heavy (non-hydrogen) atoms. The van der Waals surface area contributed by atoms with Gasteiger partial charge in [0.1, 0.15) is 12.1 Å². The van der Waals surface area contributed by atoms with Crippen LogP contribution in [0.3, 0.4) is 0 Å². The number of fused-ring (bicyclic) bond motifs is 1. The van der Waals surface area contributed by atoms with E-state index < -0.39 is 0 Å². The van der Waals surface area contributed by atoms with Crippen LogP contribution in [0.4, 0.5) is 5.82 Å². The van der Waals surface area contributed by atoms with Crippen molar-refractivity contribution in [3.05, 3.63) is 12.0 Å². The van der Waals surface area contributed by atoms with Crippen LogP contribution in [0.15, 0.2) is 6.33 Å². The molecule has 3 unspecified atom stereocenters. The van der Waals surface area contributed by atoms with Gasteiger partial charge in [0.05, 0.1) is 11.4 Å². The maximum atomic E-state index is 12.8. The standard InChI is InChI=1S/C20H29N7O2/c1-12-16-17(21-11-22-18(16)26-25-12)23-14-10-15(20(14)4-8-29-9-5-20)24-19(28)13(2)27-6-3-7-27/h11,13-15H,3-10H2,1-2H3,(H,24,28)(H2,21,22,23,25,26). The summed E-state index contributed by atoms with van der Waals surface area (Å²) in [5.74, 6) is 0.963. The molecule has 0 aromatic carbocycles. The van der Waals surface area contributed by atoms with Crippen molar-refractivity contribution >= 4 is 22.8 Å². The molecule has 1 aliphatic carbocycles. The van der Waals surface area contributed by atoms with Crippen LogP contribution in [0.5, 0.6) is 0 Å². The zero-order valence-corrected chi connectivity index (χ0v) is 17.1. The second-order valence-electron chi connectivity index (χ2n) is 8.67. The van der Waals surface area contributed by atoms with E-state index in [-0.39, 0.29) is 29.4 Å². The molecule has 1 spiro atoms. The summed E-state index contributed by atoms with van der Waals surface area (Å²) >= 11 is 0. The van der Waals surface area contributed by atoms with Crippen molar-refractivity contribution in [2.24, 2.45) is 5.41 Å². The largest absolute Gasteiger partial charge is 0.381 e. The minimum absolute atomic E-state index is 0.00249. The molecule has 3 N–H and O–H groups in total. The first-order valence-corrected chi connectivity index (χ1v) is 10.6. The molecule has 3 aliphatic rings. The quantitative estimate of drug-likeness (QED) is 0.694. The van der Waals surface area contributed by atoms with Crippen LogP contribution in [0, 0.1) is 12.3 Å². The van der Waals surface area contributed by atoms with E-state index in [9.17, 15) is 4.79 Å². The van der Waals surface area contributed by atoms with E-state index in [2.05, 4.69) is 35.7 Å². The highest BCUT2D eigenvalue weighted by Gasteiger charge is 2.56. The van der Waals surface area contributed by atoms with Gasteiger partial charge in [-0.05, 0) is 39.5 Å². The summed E-state index contributed by atoms with van der Waals surface area (Å²) in [6, 6.07) is 0.356. The molecule has 1 amide bonds. The molecule has 3 fully saturated rings. The SMILES string of the molecule is Cc1[nH]nc2ncnc(NC3CC(NC(=O)C(C)N4CCC4)C34CCOCC4)c12. The molecule has 5 rings (SSSR count). The highest BCUT2D eigenvalue weighted by molar-refractivity contribution is 5.88. The number of H-pyrrole nitrogens is 1. The Morgan fingerprint density at radius 3 is 2.83 bits per heavy atom. The summed E-state index contributed by atoms with van der Waals surface area (Å²) in [6.45, 7) is 7.51. The third kappa shape index (κ3) is 3.07. The van der Waals surface area contributed by atoms with Gasteiger partial charge in [-0.25, -0.2) is 9.97 Å². The van der Waals surface area contributed by atoms with Crippen LogP contribution in [0.1, 0.15) is 38.3 Å². The fourth-order valence-electron chi connectivity index (χ4n) is 5.10. The Bertz CT molecular complexity index is 903. The predicted octanol–water partition coefficient (Wildman–Crippen LogP) is 1.22. The molecule has 2 saturated heterocycles. The van der Waals surface area contributed by atoms with Gasteiger partial charge in [-0.3, -0.25) is 14.8 Å². The fourth-order valence-corrected chi connectivity index (χ4v) is 5.10. The molecule has 1 saturated carbocycles. The zero-order valence-electron chi connectivity index (χ0n) is 17.1. The van der Waals surface area contributed by atoms with Crippen molar-refractivity contribution in [1.29, 1.82) is 0 Å². The van der Waals surface area contributed by atoms with Gasteiger partial charge in [-0.15, -0.1) is 0 Å². The number of hydrogen-bond donors (Lipinski definition) is 3. The van der Waals surface area contributed by atoms with E-state index in [0.29, 0.717) is 5.65 Å². The highest BCUT2D eigenvalue weighted by atomic mass is 16.5. The Labute approximate surface area is 170 Å². The zero-order chi connectivity index (χ0) is 20.0. The number of carbonyl (C=O) groups excluding carboxylic acids is 1. The average molecular weight is 399 g/mol. The predicted molar refractivity (Wildman–Crippen MR) is 109 cm³/mol. The normalized spacial score (nSPS) is 27.2. The van der Waals surface area contributed by atoms with E-state index in [0.717, 1.165) is 62.5 Å². The lowest BCUT2D eigenvalue weighted by Gasteiger charge is -2.58. The van der Waals surface area contributed by atoms with Crippen molar-refractivity contribution in [2.45, 2.75) is 57.7 Å². The van der Waals surface area contributed by atoms with Gasteiger partial charge in [-0.2, -0.15) is 5.10 Å². The molecule has 2 aromatic heterocycles. The van der Waals surface area contributed by atoms with Crippen molar-refractivity contribution in [1.82, 2.24) is 30.4 Å². The lowest BCUT2D eigenvalue weighted by Crippen LogP contribution is -2.69. The molecule has 2 aliphatic heterocycles. The minimum atomic E-state index is -0.0530. The Kier molecular flexibility index (Phi) is 4.66. The van der Waals surface area contributed by atoms with E-state index in [1.807, 2.05) is 13.8 Å². The maximum absolute atomic E-state index is 12.8. The van der Waals surface area contributed by atoms with Crippen molar-refractivity contribution in [2.75, 3.05) is 31.6 Å². The summed E-state index contributed by atoms with van der Waals surface area (Å²) in [4.78, 5) is 23.8. The van der Waals surface area contributed by atoms with Crippen molar-refractivity contribution < 1.29 is 9.53 Å². The van der Waals surface area contributed by atoms with Gasteiger partial charge in [0.25, 0.3) is 0 Å². The van der Waals surface area contributed by atoms with Crippen LogP contribution in [-0.4, -0.2) is 75.4 Å². The minimum Gasteiger partial charge on any atom is -0.381 e. The van der Waals surface area contributed by atoms with Gasteiger partial charge in [0, 0.05) is 49.5 Å². The molecular formula is C20H29N7O2. The number of hydrogen-bond acceptors (Lipinski definition) is 7. The highest BCUT2D eigenvalue weighted by Crippen LogP contribution is 2.50. The third-order valence-electron chi connectivity index (χ3n) is 7.26. The lowest BCUT2D eigenvalue weighted by atomic mass is 9.56. The average Bonchev–Trinajstić information content (AvgIpc) is 3.08. The van der Waals surface area contributed by atoms with Gasteiger partial charge >= 0.3 is 0 Å². The van der Waals surface area contributed by atoms with Crippen LogP contribution < -0.4 is 10.6 Å². The van der Waals surface area contributed by atoms with Crippen molar-refractivity contribution in [3.63, 3.8) is 0 Å². The second-order valence-corrected chi connectivity index (χ2v) is 8.67. The van der Waals surface area contributed by atoms with Crippen LogP contribution in [0.25, 0.3) is 11.0 Å².